The Balaban J connectivity index is 1.98. The second-order valence-corrected chi connectivity index (χ2v) is 8.70. The van der Waals surface area contributed by atoms with E-state index in [2.05, 4.69) is 0 Å². The first-order valence-electron chi connectivity index (χ1n) is 10.3. The van der Waals surface area contributed by atoms with Crippen molar-refractivity contribution in [3.63, 3.8) is 0 Å². The number of likely N-dealkylation sites (N-methyl/N-ethyl adjacent to an activating group) is 1. The topological polar surface area (TPSA) is 81.2 Å². The average molecular weight is 454 g/mol. The van der Waals surface area contributed by atoms with Crippen molar-refractivity contribution in [1.82, 2.24) is 9.80 Å². The number of aliphatic hydroxyl groups excluding tert-OH is 1. The van der Waals surface area contributed by atoms with Crippen molar-refractivity contribution >= 4 is 40.6 Å². The zero-order chi connectivity index (χ0) is 23.2. The van der Waals surface area contributed by atoms with E-state index >= 15 is 0 Å². The van der Waals surface area contributed by atoms with Gasteiger partial charge in [-0.15, -0.1) is 0 Å². The van der Waals surface area contributed by atoms with Crippen LogP contribution in [0.3, 0.4) is 0 Å². The summed E-state index contributed by atoms with van der Waals surface area (Å²) in [5.74, 6) is -2.51. The smallest absolute Gasteiger partial charge is 0.296 e. The number of para-hydroxylation sites is 1. The molecule has 1 atom stereocenters. The number of amides is 2. The Hall–Kier alpha value is -3.16. The van der Waals surface area contributed by atoms with Crippen LogP contribution in [-0.4, -0.2) is 66.7 Å². The molecular formula is C24H24ClN3O4. The van der Waals surface area contributed by atoms with Crippen LogP contribution in [0, 0.1) is 0 Å². The first-order chi connectivity index (χ1) is 15.2. The zero-order valence-corrected chi connectivity index (χ0v) is 18.9. The van der Waals surface area contributed by atoms with Crippen LogP contribution in [0.1, 0.15) is 17.5 Å². The zero-order valence-electron chi connectivity index (χ0n) is 18.1. The molecule has 0 aromatic heterocycles. The predicted octanol–water partition coefficient (Wildman–Crippen LogP) is 2.84. The van der Waals surface area contributed by atoms with E-state index in [9.17, 15) is 19.5 Å². The summed E-state index contributed by atoms with van der Waals surface area (Å²) in [4.78, 5) is 45.0. The Kier molecular flexibility index (Phi) is 5.56. The molecule has 1 saturated heterocycles. The van der Waals surface area contributed by atoms with Gasteiger partial charge in [0.05, 0.1) is 5.57 Å². The normalized spacial score (nSPS) is 21.8. The van der Waals surface area contributed by atoms with E-state index in [-0.39, 0.29) is 12.1 Å². The number of anilines is 1. The molecule has 0 unspecified atom stereocenters. The molecule has 2 aromatic carbocycles. The minimum absolute atomic E-state index is 0.189. The molecule has 4 rings (SSSR count). The van der Waals surface area contributed by atoms with E-state index in [1.165, 1.54) is 9.80 Å². The highest BCUT2D eigenvalue weighted by atomic mass is 35.5. The van der Waals surface area contributed by atoms with Crippen molar-refractivity contribution in [2.45, 2.75) is 12.0 Å². The molecule has 166 valence electrons. The summed E-state index contributed by atoms with van der Waals surface area (Å²) in [6, 6.07) is 13.3. The van der Waals surface area contributed by atoms with E-state index in [4.69, 9.17) is 11.6 Å². The van der Waals surface area contributed by atoms with Crippen molar-refractivity contribution in [2.75, 3.05) is 39.1 Å². The number of rotatable bonds is 5. The van der Waals surface area contributed by atoms with Crippen molar-refractivity contribution in [3.05, 3.63) is 70.3 Å². The molecule has 32 heavy (non-hydrogen) atoms. The molecule has 0 bridgehead atoms. The quantitative estimate of drug-likeness (QED) is 0.427. The Morgan fingerprint density at radius 1 is 1.06 bits per heavy atom. The van der Waals surface area contributed by atoms with Gasteiger partial charge in [-0.2, -0.15) is 0 Å². The van der Waals surface area contributed by atoms with Gasteiger partial charge < -0.3 is 19.8 Å². The van der Waals surface area contributed by atoms with E-state index < -0.39 is 28.9 Å². The SMILES string of the molecule is CN(C)CCCN1C(=O)C(=O)C(=C(O)c2ccc(Cl)cc2)[C@]12C(=O)N(C)c1ccccc12. The first kappa shape index (κ1) is 22.0. The van der Waals surface area contributed by atoms with Crippen molar-refractivity contribution < 1.29 is 19.5 Å². The van der Waals surface area contributed by atoms with Gasteiger partial charge in [0.25, 0.3) is 17.6 Å². The highest BCUT2D eigenvalue weighted by Gasteiger charge is 2.66. The summed E-state index contributed by atoms with van der Waals surface area (Å²) < 4.78 is 0. The molecular weight excluding hydrogens is 430 g/mol. The summed E-state index contributed by atoms with van der Waals surface area (Å²) in [6.45, 7) is 0.857. The number of nitrogens with zero attached hydrogens (tertiary/aromatic N) is 3. The van der Waals surface area contributed by atoms with Gasteiger partial charge in [0.2, 0.25) is 0 Å². The third-order valence-electron chi connectivity index (χ3n) is 6.04. The van der Waals surface area contributed by atoms with Crippen LogP contribution in [0.15, 0.2) is 54.1 Å². The fraction of sp³-hybridized carbons (Fsp3) is 0.292. The van der Waals surface area contributed by atoms with Crippen molar-refractivity contribution in [3.8, 4) is 0 Å². The Bertz CT molecular complexity index is 1140. The largest absolute Gasteiger partial charge is 0.507 e. The molecule has 8 heteroatoms. The maximum Gasteiger partial charge on any atom is 0.296 e. The number of halogens is 1. The molecule has 1 spiro atoms. The summed E-state index contributed by atoms with van der Waals surface area (Å²) in [7, 11) is 5.43. The van der Waals surface area contributed by atoms with Crippen LogP contribution in [0.2, 0.25) is 5.02 Å². The number of aliphatic hydroxyl groups is 1. The predicted molar refractivity (Wildman–Crippen MR) is 122 cm³/mol. The summed E-state index contributed by atoms with van der Waals surface area (Å²) in [6.07, 6.45) is 0.557. The molecule has 0 aliphatic carbocycles. The van der Waals surface area contributed by atoms with Gasteiger partial charge in [0.15, 0.2) is 5.54 Å². The molecule has 7 nitrogen and oxygen atoms in total. The molecule has 2 aromatic rings. The third-order valence-corrected chi connectivity index (χ3v) is 6.30. The minimum atomic E-state index is -1.71. The van der Waals surface area contributed by atoms with Crippen molar-refractivity contribution in [1.29, 1.82) is 0 Å². The fourth-order valence-corrected chi connectivity index (χ4v) is 4.69. The average Bonchev–Trinajstić information content (AvgIpc) is 3.13. The van der Waals surface area contributed by atoms with Gasteiger partial charge >= 0.3 is 0 Å². The van der Waals surface area contributed by atoms with E-state index in [1.807, 2.05) is 19.0 Å². The number of ketones is 1. The standard InChI is InChI=1S/C24H24ClN3O4/c1-26(2)13-6-14-28-22(31)21(30)19(20(29)15-9-11-16(25)12-10-15)24(28)17-7-4-5-8-18(17)27(3)23(24)32/h4-5,7-12,29H,6,13-14H2,1-3H3/t24-/m1/s1. The lowest BCUT2D eigenvalue weighted by molar-refractivity contribution is -0.143. The Labute approximate surface area is 191 Å². The maximum atomic E-state index is 13.8. The highest BCUT2D eigenvalue weighted by molar-refractivity contribution is 6.50. The lowest BCUT2D eigenvalue weighted by Crippen LogP contribution is -2.51. The Morgan fingerprint density at radius 3 is 2.38 bits per heavy atom. The second-order valence-electron chi connectivity index (χ2n) is 8.26. The lowest BCUT2D eigenvalue weighted by atomic mass is 9.82. The fourth-order valence-electron chi connectivity index (χ4n) is 4.57. The highest BCUT2D eigenvalue weighted by Crippen LogP contribution is 2.53. The number of carbonyl (C=O) groups excluding carboxylic acids is 3. The molecule has 0 saturated carbocycles. The van der Waals surface area contributed by atoms with E-state index in [0.717, 1.165) is 0 Å². The van der Waals surface area contributed by atoms with Crippen molar-refractivity contribution in [2.24, 2.45) is 0 Å². The second kappa shape index (κ2) is 8.07. The Morgan fingerprint density at radius 2 is 1.72 bits per heavy atom. The molecule has 2 aliphatic rings. The van der Waals surface area contributed by atoms with Gasteiger partial charge in [-0.3, -0.25) is 14.4 Å². The number of fused-ring (bicyclic) bond motifs is 2. The lowest BCUT2D eigenvalue weighted by Gasteiger charge is -2.34. The van der Waals surface area contributed by atoms with Gasteiger partial charge in [0, 0.05) is 35.4 Å². The van der Waals surface area contributed by atoms with Crippen LogP contribution in [0.4, 0.5) is 5.69 Å². The maximum absolute atomic E-state index is 13.8. The third kappa shape index (κ3) is 3.12. The first-order valence-corrected chi connectivity index (χ1v) is 10.7. The van der Waals surface area contributed by atoms with Gasteiger partial charge in [-0.05, 0) is 57.4 Å². The number of carbonyl (C=O) groups is 3. The summed E-state index contributed by atoms with van der Waals surface area (Å²) in [5, 5.41) is 11.7. The van der Waals surface area contributed by atoms with Gasteiger partial charge in [-0.25, -0.2) is 0 Å². The van der Waals surface area contributed by atoms with Crippen LogP contribution in [0.25, 0.3) is 5.76 Å². The molecule has 1 fully saturated rings. The van der Waals surface area contributed by atoms with E-state index in [1.54, 1.807) is 55.6 Å². The minimum Gasteiger partial charge on any atom is -0.507 e. The summed E-state index contributed by atoms with van der Waals surface area (Å²) in [5.41, 5.74) is -0.516. The van der Waals surface area contributed by atoms with E-state index in [0.29, 0.717) is 34.8 Å². The van der Waals surface area contributed by atoms with Crippen LogP contribution < -0.4 is 4.90 Å². The number of Topliss-reactive ketones (excluding diaryl/α,β-unsaturated/α-hetero) is 1. The van der Waals surface area contributed by atoms with Crippen LogP contribution in [-0.2, 0) is 19.9 Å². The van der Waals surface area contributed by atoms with Crippen LogP contribution in [0.5, 0.6) is 0 Å². The monoisotopic (exact) mass is 453 g/mol. The number of hydrogen-bond donors (Lipinski definition) is 1. The van der Waals surface area contributed by atoms with Gasteiger partial charge in [-0.1, -0.05) is 29.8 Å². The summed E-state index contributed by atoms with van der Waals surface area (Å²) >= 11 is 5.97. The number of benzene rings is 2. The number of hydrogen-bond acceptors (Lipinski definition) is 5. The molecule has 2 heterocycles. The molecule has 1 N–H and O–H groups in total. The number of likely N-dealkylation sites (tertiary alicyclic amines) is 1. The van der Waals surface area contributed by atoms with Gasteiger partial charge in [0.1, 0.15) is 5.76 Å². The molecule has 2 amide bonds. The molecule has 0 radical (unpaired) electrons. The van der Waals surface area contributed by atoms with Crippen LogP contribution >= 0.6 is 11.6 Å². The molecule has 2 aliphatic heterocycles.